The summed E-state index contributed by atoms with van der Waals surface area (Å²) in [7, 11) is 1.54. The highest BCUT2D eigenvalue weighted by atomic mass is 32.1. The minimum atomic E-state index is -0.199. The van der Waals surface area contributed by atoms with Crippen molar-refractivity contribution in [2.45, 2.75) is 26.7 Å². The van der Waals surface area contributed by atoms with Crippen molar-refractivity contribution >= 4 is 22.9 Å². The van der Waals surface area contributed by atoms with Crippen molar-refractivity contribution in [3.05, 3.63) is 40.1 Å². The number of hydrogen-bond acceptors (Lipinski definition) is 7. The van der Waals surface area contributed by atoms with Crippen LogP contribution in [0.5, 0.6) is 5.75 Å². The van der Waals surface area contributed by atoms with Crippen molar-refractivity contribution in [1.82, 2.24) is 25.2 Å². The zero-order valence-corrected chi connectivity index (χ0v) is 15.2. The molecule has 0 aliphatic rings. The molecule has 1 amide bonds. The maximum Gasteiger partial charge on any atom is 0.267 e. The summed E-state index contributed by atoms with van der Waals surface area (Å²) >= 11 is 1.41. The number of nitrogens with zero attached hydrogens (tertiary/aromatic N) is 5. The molecule has 0 aliphatic heterocycles. The average molecular weight is 358 g/mol. The van der Waals surface area contributed by atoms with E-state index in [1.54, 1.807) is 25.3 Å². The summed E-state index contributed by atoms with van der Waals surface area (Å²) in [4.78, 5) is 17.7. The summed E-state index contributed by atoms with van der Waals surface area (Å²) in [5.41, 5.74) is 2.04. The number of aryl methyl sites for hydroxylation is 1. The van der Waals surface area contributed by atoms with E-state index in [0.29, 0.717) is 16.3 Å². The standard InChI is InChI=1S/C16H18N6O2S/c1-9(2)16-18-10(3)14(25-16)15(23)19-12-6-5-11(7-13(12)24-4)22-8-17-20-21-22/h5-9H,1-4H3,(H,19,23). The number of carbonyl (C=O) groups excluding carboxylic acids is 1. The molecule has 0 atom stereocenters. The Labute approximate surface area is 148 Å². The number of benzene rings is 1. The van der Waals surface area contributed by atoms with Crippen LogP contribution in [-0.2, 0) is 0 Å². The van der Waals surface area contributed by atoms with Crippen molar-refractivity contribution in [2.75, 3.05) is 12.4 Å². The van der Waals surface area contributed by atoms with Gasteiger partial charge < -0.3 is 10.1 Å². The molecule has 2 aromatic heterocycles. The average Bonchev–Trinajstić information content (AvgIpc) is 3.24. The van der Waals surface area contributed by atoms with Gasteiger partial charge in [-0.3, -0.25) is 4.79 Å². The Hall–Kier alpha value is -2.81. The molecule has 0 saturated carbocycles. The second kappa shape index (κ2) is 6.98. The molecule has 1 N–H and O–H groups in total. The minimum Gasteiger partial charge on any atom is -0.494 e. The van der Waals surface area contributed by atoms with Gasteiger partial charge in [0.1, 0.15) is 17.0 Å². The Bertz CT molecular complexity index is 888. The summed E-state index contributed by atoms with van der Waals surface area (Å²) in [6, 6.07) is 5.31. The molecule has 9 heteroatoms. The zero-order valence-electron chi connectivity index (χ0n) is 14.3. The lowest BCUT2D eigenvalue weighted by Gasteiger charge is -2.11. The Kier molecular flexibility index (Phi) is 4.75. The Morgan fingerprint density at radius 3 is 2.76 bits per heavy atom. The van der Waals surface area contributed by atoms with Crippen LogP contribution in [0.15, 0.2) is 24.5 Å². The quantitative estimate of drug-likeness (QED) is 0.753. The summed E-state index contributed by atoms with van der Waals surface area (Å²) in [5, 5.41) is 14.9. The number of ether oxygens (including phenoxy) is 1. The van der Waals surface area contributed by atoms with Crippen molar-refractivity contribution in [2.24, 2.45) is 0 Å². The molecule has 1 aromatic carbocycles. The first-order chi connectivity index (χ1) is 12.0. The van der Waals surface area contributed by atoms with Gasteiger partial charge in [-0.25, -0.2) is 9.67 Å². The van der Waals surface area contributed by atoms with Gasteiger partial charge >= 0.3 is 0 Å². The van der Waals surface area contributed by atoms with Gasteiger partial charge in [-0.1, -0.05) is 13.8 Å². The topological polar surface area (TPSA) is 94.8 Å². The molecular formula is C16H18N6O2S. The molecule has 0 unspecified atom stereocenters. The van der Waals surface area contributed by atoms with Crippen LogP contribution in [0.25, 0.3) is 5.69 Å². The number of carbonyl (C=O) groups is 1. The molecule has 0 bridgehead atoms. The van der Waals surface area contributed by atoms with Crippen molar-refractivity contribution in [1.29, 1.82) is 0 Å². The number of methoxy groups -OCH3 is 1. The molecule has 3 aromatic rings. The SMILES string of the molecule is COc1cc(-n2cnnn2)ccc1NC(=O)c1sc(C(C)C)nc1C. The van der Waals surface area contributed by atoms with E-state index < -0.39 is 0 Å². The van der Waals surface area contributed by atoms with E-state index in [1.807, 2.05) is 6.92 Å². The van der Waals surface area contributed by atoms with E-state index in [0.717, 1.165) is 16.4 Å². The third-order valence-corrected chi connectivity index (χ3v) is 5.02. The largest absolute Gasteiger partial charge is 0.494 e. The first-order valence-corrected chi connectivity index (χ1v) is 8.51. The van der Waals surface area contributed by atoms with E-state index in [1.165, 1.54) is 22.3 Å². The van der Waals surface area contributed by atoms with Crippen LogP contribution in [0.4, 0.5) is 5.69 Å². The highest BCUT2D eigenvalue weighted by Crippen LogP contribution is 2.29. The number of nitrogens with one attached hydrogen (secondary N) is 1. The lowest BCUT2D eigenvalue weighted by Crippen LogP contribution is -2.12. The number of aromatic nitrogens is 5. The smallest absolute Gasteiger partial charge is 0.267 e. The van der Waals surface area contributed by atoms with Crippen molar-refractivity contribution < 1.29 is 9.53 Å². The molecule has 8 nitrogen and oxygen atoms in total. The summed E-state index contributed by atoms with van der Waals surface area (Å²) in [5.74, 6) is 0.610. The van der Waals surface area contributed by atoms with Crippen LogP contribution in [-0.4, -0.2) is 38.2 Å². The van der Waals surface area contributed by atoms with E-state index >= 15 is 0 Å². The molecule has 0 saturated heterocycles. The molecule has 2 heterocycles. The number of hydrogen-bond donors (Lipinski definition) is 1. The maximum atomic E-state index is 12.6. The van der Waals surface area contributed by atoms with Crippen LogP contribution in [0, 0.1) is 6.92 Å². The second-order valence-corrected chi connectivity index (χ2v) is 6.75. The second-order valence-electron chi connectivity index (χ2n) is 5.71. The number of rotatable bonds is 5. The lowest BCUT2D eigenvalue weighted by molar-refractivity contribution is 0.102. The number of anilines is 1. The van der Waals surface area contributed by atoms with Gasteiger partial charge in [0.25, 0.3) is 5.91 Å². The van der Waals surface area contributed by atoms with Crippen molar-refractivity contribution in [3.63, 3.8) is 0 Å². The van der Waals surface area contributed by atoms with Gasteiger partial charge in [-0.15, -0.1) is 16.4 Å². The number of thiazole rings is 1. The Morgan fingerprint density at radius 1 is 1.36 bits per heavy atom. The maximum absolute atomic E-state index is 12.6. The van der Waals surface area contributed by atoms with Gasteiger partial charge in [0.05, 0.1) is 29.2 Å². The van der Waals surface area contributed by atoms with Gasteiger partial charge in [-0.2, -0.15) is 0 Å². The molecule has 0 radical (unpaired) electrons. The van der Waals surface area contributed by atoms with Gasteiger partial charge in [0.2, 0.25) is 0 Å². The predicted octanol–water partition coefficient (Wildman–Crippen LogP) is 2.81. The summed E-state index contributed by atoms with van der Waals surface area (Å²) < 4.78 is 6.90. The lowest BCUT2D eigenvalue weighted by atomic mass is 10.2. The molecule has 3 rings (SSSR count). The first kappa shape index (κ1) is 17.0. The fourth-order valence-corrected chi connectivity index (χ4v) is 3.22. The Morgan fingerprint density at radius 2 is 2.16 bits per heavy atom. The van der Waals surface area contributed by atoms with Crippen LogP contribution in [0.1, 0.15) is 40.1 Å². The van der Waals surface area contributed by atoms with E-state index in [4.69, 9.17) is 4.74 Å². The first-order valence-electron chi connectivity index (χ1n) is 7.69. The fourth-order valence-electron chi connectivity index (χ4n) is 2.26. The number of amides is 1. The molecule has 25 heavy (non-hydrogen) atoms. The normalized spacial score (nSPS) is 10.9. The third kappa shape index (κ3) is 3.50. The molecule has 0 aliphatic carbocycles. The van der Waals surface area contributed by atoms with Crippen LogP contribution in [0.3, 0.4) is 0 Å². The third-order valence-electron chi connectivity index (χ3n) is 3.56. The summed E-state index contributed by atoms with van der Waals surface area (Å²) in [6.07, 6.45) is 1.49. The van der Waals surface area contributed by atoms with Gasteiger partial charge in [-0.05, 0) is 29.5 Å². The predicted molar refractivity (Wildman–Crippen MR) is 94.6 cm³/mol. The molecule has 0 spiro atoms. The zero-order chi connectivity index (χ0) is 18.0. The Balaban J connectivity index is 1.86. The molecular weight excluding hydrogens is 340 g/mol. The number of tetrazole rings is 1. The van der Waals surface area contributed by atoms with Gasteiger partial charge in [0, 0.05) is 12.0 Å². The van der Waals surface area contributed by atoms with Crippen LogP contribution < -0.4 is 10.1 Å². The van der Waals surface area contributed by atoms with E-state index in [9.17, 15) is 4.79 Å². The molecule has 130 valence electrons. The minimum absolute atomic E-state index is 0.199. The summed E-state index contributed by atoms with van der Waals surface area (Å²) in [6.45, 7) is 5.96. The van der Waals surface area contributed by atoms with E-state index in [2.05, 4.69) is 39.7 Å². The highest BCUT2D eigenvalue weighted by molar-refractivity contribution is 7.14. The van der Waals surface area contributed by atoms with Crippen molar-refractivity contribution in [3.8, 4) is 11.4 Å². The monoisotopic (exact) mass is 358 g/mol. The van der Waals surface area contributed by atoms with Crippen LogP contribution >= 0.6 is 11.3 Å². The van der Waals surface area contributed by atoms with Gasteiger partial charge in [0.15, 0.2) is 0 Å². The van der Waals surface area contributed by atoms with Crippen LogP contribution in [0.2, 0.25) is 0 Å². The molecule has 0 fully saturated rings. The highest BCUT2D eigenvalue weighted by Gasteiger charge is 2.18. The fraction of sp³-hybridized carbons (Fsp3) is 0.312. The van der Waals surface area contributed by atoms with E-state index in [-0.39, 0.29) is 11.8 Å².